The average molecular weight is 502 g/mol. The highest BCUT2D eigenvalue weighted by Gasteiger charge is 2.18. The Morgan fingerprint density at radius 3 is 2.44 bits per heavy atom. The Morgan fingerprint density at radius 2 is 1.75 bits per heavy atom. The van der Waals surface area contributed by atoms with Crippen molar-refractivity contribution in [1.29, 1.82) is 0 Å². The summed E-state index contributed by atoms with van der Waals surface area (Å²) in [5.41, 5.74) is 6.43. The van der Waals surface area contributed by atoms with Gasteiger partial charge in [0.1, 0.15) is 0 Å². The highest BCUT2D eigenvalue weighted by Crippen LogP contribution is 2.34. The number of ether oxygens (including phenoxy) is 2. The number of rotatable bonds is 10. The third kappa shape index (κ3) is 5.92. The number of carbonyl (C=O) groups excluding carboxylic acids is 1. The van der Waals surface area contributed by atoms with Crippen molar-refractivity contribution in [2.45, 2.75) is 18.5 Å². The number of amides is 1. The second-order valence-corrected chi connectivity index (χ2v) is 8.67. The second kappa shape index (κ2) is 12.0. The minimum Gasteiger partial charge on any atom is -0.493 e. The highest BCUT2D eigenvalue weighted by atomic mass is 32.2. The molecule has 0 spiro atoms. The van der Waals surface area contributed by atoms with Crippen LogP contribution in [0.5, 0.6) is 11.5 Å². The lowest BCUT2D eigenvalue weighted by Gasteiger charge is -2.12. The van der Waals surface area contributed by atoms with E-state index in [0.717, 1.165) is 23.2 Å². The van der Waals surface area contributed by atoms with Crippen molar-refractivity contribution in [3.05, 3.63) is 83.9 Å². The van der Waals surface area contributed by atoms with Crippen LogP contribution >= 0.6 is 11.8 Å². The summed E-state index contributed by atoms with van der Waals surface area (Å²) in [6.07, 6.45) is 2.61. The fourth-order valence-electron chi connectivity index (χ4n) is 3.52. The van der Waals surface area contributed by atoms with Gasteiger partial charge in [-0.1, -0.05) is 61.2 Å². The molecule has 3 aromatic carbocycles. The minimum absolute atomic E-state index is 0.128. The Morgan fingerprint density at radius 1 is 1.00 bits per heavy atom. The smallest absolute Gasteiger partial charge is 0.250 e. The highest BCUT2D eigenvalue weighted by molar-refractivity contribution is 7.99. The van der Waals surface area contributed by atoms with Crippen molar-refractivity contribution < 1.29 is 14.3 Å². The number of carbonyl (C=O) groups is 1. The Balaban J connectivity index is 1.51. The van der Waals surface area contributed by atoms with Crippen LogP contribution in [-0.2, 0) is 11.2 Å². The topological polar surface area (TPSA) is 90.6 Å². The van der Waals surface area contributed by atoms with Gasteiger partial charge in [-0.25, -0.2) is 5.43 Å². The van der Waals surface area contributed by atoms with Crippen LogP contribution in [0.15, 0.2) is 83.1 Å². The van der Waals surface area contributed by atoms with Gasteiger partial charge in [0.2, 0.25) is 0 Å². The molecule has 0 radical (unpaired) electrons. The van der Waals surface area contributed by atoms with Crippen LogP contribution in [0, 0.1) is 0 Å². The minimum atomic E-state index is -0.239. The molecule has 0 aliphatic rings. The fourth-order valence-corrected chi connectivity index (χ4v) is 4.26. The zero-order valence-corrected chi connectivity index (χ0v) is 21.2. The van der Waals surface area contributed by atoms with E-state index < -0.39 is 0 Å². The zero-order valence-electron chi connectivity index (χ0n) is 20.3. The molecule has 1 amide bonds. The molecule has 0 bridgehead atoms. The summed E-state index contributed by atoms with van der Waals surface area (Å²) >= 11 is 1.28. The SMILES string of the molecule is CCc1ccc(C=NNC(=O)CSc2nnc(-c3ccc(OC)c(OC)c3)n2-c2ccccc2)cc1. The number of aryl methyl sites for hydroxylation is 1. The van der Waals surface area contributed by atoms with E-state index >= 15 is 0 Å². The summed E-state index contributed by atoms with van der Waals surface area (Å²) < 4.78 is 12.7. The number of thioether (sulfide) groups is 1. The summed E-state index contributed by atoms with van der Waals surface area (Å²) in [4.78, 5) is 12.5. The van der Waals surface area contributed by atoms with Crippen LogP contribution < -0.4 is 14.9 Å². The van der Waals surface area contributed by atoms with Crippen LogP contribution in [0.3, 0.4) is 0 Å². The van der Waals surface area contributed by atoms with Crippen molar-refractivity contribution in [3.8, 4) is 28.6 Å². The van der Waals surface area contributed by atoms with Crippen molar-refractivity contribution in [2.24, 2.45) is 5.10 Å². The van der Waals surface area contributed by atoms with Gasteiger partial charge in [0, 0.05) is 11.3 Å². The molecule has 1 heterocycles. The quantitative estimate of drug-likeness (QED) is 0.191. The number of nitrogens with one attached hydrogen (secondary N) is 1. The van der Waals surface area contributed by atoms with Crippen molar-refractivity contribution in [3.63, 3.8) is 0 Å². The van der Waals surface area contributed by atoms with Crippen LogP contribution in [0.1, 0.15) is 18.1 Å². The monoisotopic (exact) mass is 501 g/mol. The number of hydrogen-bond donors (Lipinski definition) is 1. The lowest BCUT2D eigenvalue weighted by Crippen LogP contribution is -2.20. The molecule has 0 aliphatic heterocycles. The summed E-state index contributed by atoms with van der Waals surface area (Å²) in [7, 11) is 3.18. The first-order valence-electron chi connectivity index (χ1n) is 11.4. The summed E-state index contributed by atoms with van der Waals surface area (Å²) in [6.45, 7) is 2.11. The van der Waals surface area contributed by atoms with E-state index in [1.54, 1.807) is 20.4 Å². The van der Waals surface area contributed by atoms with Gasteiger partial charge in [-0.15, -0.1) is 10.2 Å². The molecular formula is C27H27N5O3S. The summed E-state index contributed by atoms with van der Waals surface area (Å²) in [6, 6.07) is 23.4. The van der Waals surface area contributed by atoms with Gasteiger partial charge in [-0.05, 0) is 47.9 Å². The van der Waals surface area contributed by atoms with Gasteiger partial charge in [-0.3, -0.25) is 9.36 Å². The van der Waals surface area contributed by atoms with Crippen LogP contribution in [-0.4, -0.2) is 46.9 Å². The van der Waals surface area contributed by atoms with Crippen LogP contribution in [0.25, 0.3) is 17.1 Å². The largest absolute Gasteiger partial charge is 0.493 e. The maximum atomic E-state index is 12.5. The molecule has 184 valence electrons. The Hall–Kier alpha value is -4.11. The average Bonchev–Trinajstić information content (AvgIpc) is 3.36. The number of para-hydroxylation sites is 1. The van der Waals surface area contributed by atoms with E-state index in [9.17, 15) is 4.79 Å². The maximum Gasteiger partial charge on any atom is 0.250 e. The molecule has 0 saturated carbocycles. The number of methoxy groups -OCH3 is 2. The van der Waals surface area contributed by atoms with Gasteiger partial charge in [-0.2, -0.15) is 5.10 Å². The summed E-state index contributed by atoms with van der Waals surface area (Å²) in [5.74, 6) is 1.73. The molecule has 0 unspecified atom stereocenters. The molecule has 8 nitrogen and oxygen atoms in total. The van der Waals surface area contributed by atoms with Crippen molar-refractivity contribution in [2.75, 3.05) is 20.0 Å². The lowest BCUT2D eigenvalue weighted by molar-refractivity contribution is -0.118. The maximum absolute atomic E-state index is 12.5. The summed E-state index contributed by atoms with van der Waals surface area (Å²) in [5, 5.41) is 13.4. The molecule has 9 heteroatoms. The van der Waals surface area contributed by atoms with Gasteiger partial charge in [0.15, 0.2) is 22.5 Å². The molecule has 36 heavy (non-hydrogen) atoms. The van der Waals surface area contributed by atoms with Gasteiger partial charge in [0.05, 0.1) is 26.2 Å². The Labute approximate surface area is 214 Å². The normalized spacial score (nSPS) is 11.0. The third-order valence-corrected chi connectivity index (χ3v) is 6.34. The van der Waals surface area contributed by atoms with Crippen LogP contribution in [0.2, 0.25) is 0 Å². The molecular weight excluding hydrogens is 474 g/mol. The standard InChI is InChI=1S/C27H27N5O3S/c1-4-19-10-12-20(13-11-19)17-28-29-25(33)18-36-27-31-30-26(32(27)22-8-6-5-7-9-22)21-14-15-23(34-2)24(16-21)35-3/h5-17H,4,18H2,1-3H3,(H,29,33). The van der Waals surface area contributed by atoms with Gasteiger partial charge < -0.3 is 9.47 Å². The fraction of sp³-hybridized carbons (Fsp3) is 0.185. The lowest BCUT2D eigenvalue weighted by atomic mass is 10.1. The zero-order chi connectivity index (χ0) is 25.3. The second-order valence-electron chi connectivity index (χ2n) is 7.72. The first-order valence-corrected chi connectivity index (χ1v) is 12.4. The number of benzene rings is 3. The van der Waals surface area contributed by atoms with Crippen LogP contribution in [0.4, 0.5) is 0 Å². The van der Waals surface area contributed by atoms with Crippen molar-refractivity contribution in [1.82, 2.24) is 20.2 Å². The molecule has 0 saturated heterocycles. The molecule has 0 aliphatic carbocycles. The molecule has 4 aromatic rings. The first kappa shape index (κ1) is 25.0. The van der Waals surface area contributed by atoms with E-state index in [-0.39, 0.29) is 11.7 Å². The van der Waals surface area contributed by atoms with Gasteiger partial charge in [0.25, 0.3) is 5.91 Å². The van der Waals surface area contributed by atoms with E-state index in [1.807, 2.05) is 77.4 Å². The number of nitrogens with zero attached hydrogens (tertiary/aromatic N) is 4. The molecule has 0 atom stereocenters. The number of aromatic nitrogens is 3. The molecule has 4 rings (SSSR count). The third-order valence-electron chi connectivity index (χ3n) is 5.41. The first-order chi connectivity index (χ1) is 17.6. The van der Waals surface area contributed by atoms with E-state index in [1.165, 1.54) is 17.3 Å². The predicted octanol–water partition coefficient (Wildman–Crippen LogP) is 4.76. The molecule has 0 fully saturated rings. The van der Waals surface area contributed by atoms with E-state index in [0.29, 0.717) is 22.5 Å². The number of hydrogen-bond acceptors (Lipinski definition) is 7. The Kier molecular flexibility index (Phi) is 8.36. The molecule has 1 aromatic heterocycles. The van der Waals surface area contributed by atoms with Crippen molar-refractivity contribution >= 4 is 23.9 Å². The molecule has 1 N–H and O–H groups in total. The predicted molar refractivity (Wildman–Crippen MR) is 142 cm³/mol. The van der Waals surface area contributed by atoms with Gasteiger partial charge >= 0.3 is 0 Å². The van der Waals surface area contributed by atoms with E-state index in [2.05, 4.69) is 27.6 Å². The van der Waals surface area contributed by atoms with E-state index in [4.69, 9.17) is 9.47 Å². The Bertz CT molecular complexity index is 1340. The number of hydrazone groups is 1.